The van der Waals surface area contributed by atoms with E-state index in [0.29, 0.717) is 35.6 Å². The maximum Gasteiger partial charge on any atom is 0.327 e. The summed E-state index contributed by atoms with van der Waals surface area (Å²) >= 11 is 1.48. The predicted molar refractivity (Wildman–Crippen MR) is 121 cm³/mol. The van der Waals surface area contributed by atoms with E-state index < -0.39 is 12.0 Å². The number of ether oxygens (including phenoxy) is 2. The molecule has 0 aromatic carbocycles. The number of rotatable bonds is 13. The van der Waals surface area contributed by atoms with Crippen molar-refractivity contribution in [3.63, 3.8) is 0 Å². The van der Waals surface area contributed by atoms with E-state index in [1.807, 2.05) is 0 Å². The zero-order chi connectivity index (χ0) is 23.7. The number of carboxylic acid groups (broad SMARTS) is 1. The number of carbonyl (C=O) groups is 4. The van der Waals surface area contributed by atoms with E-state index in [0.717, 1.165) is 44.9 Å². The van der Waals surface area contributed by atoms with E-state index in [2.05, 4.69) is 0 Å². The molecule has 2 aliphatic rings. The lowest BCUT2D eigenvalue weighted by Crippen LogP contribution is -2.41. The molecule has 1 aliphatic heterocycles. The topological polar surface area (TPSA) is 110 Å². The van der Waals surface area contributed by atoms with E-state index in [4.69, 9.17) is 14.6 Å². The standard InChI is InChI=1S/C23H33NO7S/c1-15-16(20(27)22(31-3)21(30-2)19(15)26)11-9-7-5-4-6-8-10-12-18(25)24-14-32-13-17(24)23(28)29/h17H,4-14H2,1-3H3,(H,28,29)/t17-/m0/s1. The van der Waals surface area contributed by atoms with Gasteiger partial charge >= 0.3 is 5.97 Å². The average Bonchev–Trinajstić information content (AvgIpc) is 3.27. The van der Waals surface area contributed by atoms with Crippen LogP contribution in [0.1, 0.15) is 64.7 Å². The highest BCUT2D eigenvalue weighted by Crippen LogP contribution is 2.29. The van der Waals surface area contributed by atoms with Gasteiger partial charge in [-0.3, -0.25) is 14.4 Å². The number of allylic oxidation sites excluding steroid dienone is 2. The molecule has 0 aromatic rings. The Morgan fingerprint density at radius 2 is 1.53 bits per heavy atom. The Morgan fingerprint density at radius 1 is 0.969 bits per heavy atom. The number of unbranched alkanes of at least 4 members (excludes halogenated alkanes) is 6. The summed E-state index contributed by atoms with van der Waals surface area (Å²) in [6, 6.07) is -0.686. The maximum atomic E-state index is 12.6. The highest BCUT2D eigenvalue weighted by Gasteiger charge is 2.35. The fraction of sp³-hybridized carbons (Fsp3) is 0.652. The Balaban J connectivity index is 1.61. The predicted octanol–water partition coefficient (Wildman–Crippen LogP) is 3.46. The average molecular weight is 468 g/mol. The fourth-order valence-corrected chi connectivity index (χ4v) is 5.16. The molecule has 1 N–H and O–H groups in total. The van der Waals surface area contributed by atoms with Gasteiger partial charge in [0.05, 0.1) is 20.1 Å². The van der Waals surface area contributed by atoms with E-state index in [-0.39, 0.29) is 29.0 Å². The molecule has 1 heterocycles. The zero-order valence-electron chi connectivity index (χ0n) is 19.1. The van der Waals surface area contributed by atoms with Crippen molar-refractivity contribution < 1.29 is 33.8 Å². The van der Waals surface area contributed by atoms with Crippen LogP contribution in [-0.2, 0) is 28.7 Å². The first-order valence-electron chi connectivity index (χ1n) is 11.0. The first-order chi connectivity index (χ1) is 15.3. The second-order valence-electron chi connectivity index (χ2n) is 8.02. The van der Waals surface area contributed by atoms with Crippen molar-refractivity contribution in [1.29, 1.82) is 0 Å². The summed E-state index contributed by atoms with van der Waals surface area (Å²) in [5.41, 5.74) is 0.935. The molecular weight excluding hydrogens is 434 g/mol. The van der Waals surface area contributed by atoms with Crippen LogP contribution >= 0.6 is 11.8 Å². The Morgan fingerprint density at radius 3 is 2.12 bits per heavy atom. The van der Waals surface area contributed by atoms with Gasteiger partial charge in [0.25, 0.3) is 0 Å². The Kier molecular flexibility index (Phi) is 10.3. The van der Waals surface area contributed by atoms with Crippen LogP contribution in [0.3, 0.4) is 0 Å². The summed E-state index contributed by atoms with van der Waals surface area (Å²) in [7, 11) is 2.71. The van der Waals surface area contributed by atoms with Crippen LogP contribution in [0.15, 0.2) is 22.7 Å². The van der Waals surface area contributed by atoms with E-state index in [9.17, 15) is 19.2 Å². The summed E-state index contributed by atoms with van der Waals surface area (Å²) in [6.45, 7) is 1.65. The molecule has 8 nitrogen and oxygen atoms in total. The van der Waals surface area contributed by atoms with E-state index >= 15 is 0 Å². The van der Waals surface area contributed by atoms with Crippen LogP contribution in [0.2, 0.25) is 0 Å². The quantitative estimate of drug-likeness (QED) is 0.324. The van der Waals surface area contributed by atoms with Crippen LogP contribution in [-0.4, -0.2) is 65.3 Å². The summed E-state index contributed by atoms with van der Waals surface area (Å²) in [4.78, 5) is 49.8. The van der Waals surface area contributed by atoms with Gasteiger partial charge in [-0.05, 0) is 26.2 Å². The Bertz CT molecular complexity index is 802. The number of amides is 1. The molecule has 2 rings (SSSR count). The molecule has 1 amide bonds. The monoisotopic (exact) mass is 467 g/mol. The molecule has 0 unspecified atom stereocenters. The molecule has 0 radical (unpaired) electrons. The van der Waals surface area contributed by atoms with Crippen molar-refractivity contribution in [3.8, 4) is 0 Å². The summed E-state index contributed by atoms with van der Waals surface area (Å²) in [5, 5.41) is 9.16. The number of carboxylic acids is 1. The minimum atomic E-state index is -0.929. The molecule has 0 aromatic heterocycles. The lowest BCUT2D eigenvalue weighted by molar-refractivity contribution is -0.147. The van der Waals surface area contributed by atoms with Crippen LogP contribution < -0.4 is 0 Å². The van der Waals surface area contributed by atoms with Gasteiger partial charge in [0.1, 0.15) is 6.04 Å². The van der Waals surface area contributed by atoms with Gasteiger partial charge in [-0.25, -0.2) is 4.79 Å². The lowest BCUT2D eigenvalue weighted by atomic mass is 9.89. The SMILES string of the molecule is COC1=C(OC)C(=O)C(CCCCCCCCCC(=O)N2CSC[C@H]2C(=O)O)=C(C)C1=O. The van der Waals surface area contributed by atoms with E-state index in [1.165, 1.54) is 30.9 Å². The summed E-state index contributed by atoms with van der Waals surface area (Å²) < 4.78 is 10.1. The lowest BCUT2D eigenvalue weighted by Gasteiger charge is -2.20. The van der Waals surface area contributed by atoms with Crippen LogP contribution in [0.25, 0.3) is 0 Å². The zero-order valence-corrected chi connectivity index (χ0v) is 19.9. The molecule has 0 bridgehead atoms. The summed E-state index contributed by atoms with van der Waals surface area (Å²) in [6.07, 6.45) is 7.46. The third-order valence-electron chi connectivity index (χ3n) is 5.90. The molecule has 178 valence electrons. The highest BCUT2D eigenvalue weighted by atomic mass is 32.2. The molecule has 1 saturated heterocycles. The third-order valence-corrected chi connectivity index (χ3v) is 6.91. The van der Waals surface area contributed by atoms with Gasteiger partial charge < -0.3 is 19.5 Å². The molecule has 9 heteroatoms. The second kappa shape index (κ2) is 12.7. The molecular formula is C23H33NO7S. The van der Waals surface area contributed by atoms with Gasteiger partial charge in [0, 0.05) is 23.3 Å². The maximum absolute atomic E-state index is 12.6. The summed E-state index contributed by atoms with van der Waals surface area (Å²) in [5.74, 6) is -0.680. The van der Waals surface area contributed by atoms with Crippen molar-refractivity contribution in [2.45, 2.75) is 70.8 Å². The fourth-order valence-electron chi connectivity index (χ4n) is 3.99. The smallest absolute Gasteiger partial charge is 0.327 e. The number of thioether (sulfide) groups is 1. The van der Waals surface area contributed by atoms with Gasteiger partial charge in [-0.15, -0.1) is 11.8 Å². The number of methoxy groups -OCH3 is 2. The number of carbonyl (C=O) groups excluding carboxylic acids is 3. The van der Waals surface area contributed by atoms with Gasteiger partial charge in [0.2, 0.25) is 29.0 Å². The minimum Gasteiger partial charge on any atom is -0.489 e. The number of nitrogens with zero attached hydrogens (tertiary/aromatic N) is 1. The van der Waals surface area contributed by atoms with Crippen molar-refractivity contribution in [2.75, 3.05) is 25.8 Å². The molecule has 0 saturated carbocycles. The second-order valence-corrected chi connectivity index (χ2v) is 9.02. The number of hydrogen-bond acceptors (Lipinski definition) is 7. The van der Waals surface area contributed by atoms with Crippen molar-refractivity contribution in [1.82, 2.24) is 4.90 Å². The minimum absolute atomic E-state index is 0.0187. The van der Waals surface area contributed by atoms with Crippen LogP contribution in [0.4, 0.5) is 0 Å². The number of aliphatic carboxylic acids is 1. The largest absolute Gasteiger partial charge is 0.489 e. The molecule has 1 atom stereocenters. The normalized spacial score (nSPS) is 19.1. The van der Waals surface area contributed by atoms with Crippen molar-refractivity contribution in [3.05, 3.63) is 22.7 Å². The van der Waals surface area contributed by atoms with Crippen molar-refractivity contribution in [2.24, 2.45) is 0 Å². The van der Waals surface area contributed by atoms with Crippen LogP contribution in [0.5, 0.6) is 0 Å². The molecule has 0 spiro atoms. The van der Waals surface area contributed by atoms with Gasteiger partial charge in [-0.1, -0.05) is 32.1 Å². The van der Waals surface area contributed by atoms with Gasteiger partial charge in [0.15, 0.2) is 0 Å². The molecule has 32 heavy (non-hydrogen) atoms. The molecule has 1 aliphatic carbocycles. The number of Topliss-reactive ketones (excluding diaryl/α,β-unsaturated/α-hetero) is 2. The Labute approximate surface area is 193 Å². The number of ketones is 2. The highest BCUT2D eigenvalue weighted by molar-refractivity contribution is 7.99. The Hall–Kier alpha value is -2.29. The first kappa shape index (κ1) is 26.0. The van der Waals surface area contributed by atoms with Gasteiger partial charge in [-0.2, -0.15) is 0 Å². The van der Waals surface area contributed by atoms with E-state index in [1.54, 1.807) is 6.92 Å². The van der Waals surface area contributed by atoms with Crippen LogP contribution in [0, 0.1) is 0 Å². The third kappa shape index (κ3) is 6.37. The first-order valence-corrected chi connectivity index (χ1v) is 12.2. The van der Waals surface area contributed by atoms with Crippen molar-refractivity contribution >= 4 is 35.2 Å². The molecule has 1 fully saturated rings. The number of hydrogen-bond donors (Lipinski definition) is 1.